The number of carbonyl (C=O) groups excluding carboxylic acids is 2. The smallest absolute Gasteiger partial charge is 0.306 e. The van der Waals surface area contributed by atoms with Crippen LogP contribution in [-0.2, 0) is 20.7 Å². The summed E-state index contributed by atoms with van der Waals surface area (Å²) in [5.74, 6) is -0.448. The molecule has 0 spiro atoms. The Labute approximate surface area is 180 Å². The highest BCUT2D eigenvalue weighted by Gasteiger charge is 2.30. The molecule has 6 heteroatoms. The summed E-state index contributed by atoms with van der Waals surface area (Å²) < 4.78 is 6.86. The lowest BCUT2D eigenvalue weighted by Crippen LogP contribution is -2.40. The van der Waals surface area contributed by atoms with Gasteiger partial charge in [0.25, 0.3) is 5.91 Å². The van der Waals surface area contributed by atoms with Crippen molar-refractivity contribution < 1.29 is 14.3 Å². The van der Waals surface area contributed by atoms with E-state index in [-0.39, 0.29) is 18.3 Å². The summed E-state index contributed by atoms with van der Waals surface area (Å²) >= 11 is 1.66. The molecule has 2 heterocycles. The standard InChI is InChI=1S/C24H26N2O3S/c27-22(15-9-14-21-25-19-12-5-6-13-20(19)30-21)29-23(18-10-3-1-4-11-18)24(28)26-16-7-2-8-17-26/h1,3-6,10-13,23H,2,7-9,14-17H2/t23-/m1/s1. The first-order chi connectivity index (χ1) is 14.7. The van der Waals surface area contributed by atoms with Crippen molar-refractivity contribution in [1.82, 2.24) is 9.88 Å². The van der Waals surface area contributed by atoms with Gasteiger partial charge < -0.3 is 9.64 Å². The van der Waals surface area contributed by atoms with Crippen LogP contribution in [-0.4, -0.2) is 34.8 Å². The Kier molecular flexibility index (Phi) is 6.74. The Balaban J connectivity index is 1.36. The van der Waals surface area contributed by atoms with Crippen LogP contribution in [0.1, 0.15) is 48.8 Å². The summed E-state index contributed by atoms with van der Waals surface area (Å²) in [5.41, 5.74) is 1.73. The van der Waals surface area contributed by atoms with Gasteiger partial charge in [0.05, 0.1) is 15.2 Å². The van der Waals surface area contributed by atoms with Gasteiger partial charge in [-0.2, -0.15) is 0 Å². The van der Waals surface area contributed by atoms with E-state index >= 15 is 0 Å². The van der Waals surface area contributed by atoms with Crippen molar-refractivity contribution in [3.8, 4) is 0 Å². The van der Waals surface area contributed by atoms with Gasteiger partial charge in [0.1, 0.15) is 0 Å². The van der Waals surface area contributed by atoms with Crippen molar-refractivity contribution in [2.24, 2.45) is 0 Å². The molecule has 0 aliphatic carbocycles. The van der Waals surface area contributed by atoms with Crippen LogP contribution < -0.4 is 0 Å². The lowest BCUT2D eigenvalue weighted by molar-refractivity contribution is -0.161. The van der Waals surface area contributed by atoms with Gasteiger partial charge in [0.15, 0.2) is 0 Å². The van der Waals surface area contributed by atoms with Gasteiger partial charge in [0.2, 0.25) is 6.10 Å². The Morgan fingerprint density at radius 2 is 1.73 bits per heavy atom. The number of nitrogens with zero attached hydrogens (tertiary/aromatic N) is 2. The minimum absolute atomic E-state index is 0.111. The van der Waals surface area contributed by atoms with E-state index in [9.17, 15) is 9.59 Å². The molecule has 1 aromatic heterocycles. The molecule has 5 nitrogen and oxygen atoms in total. The zero-order chi connectivity index (χ0) is 20.8. The largest absolute Gasteiger partial charge is 0.447 e. The zero-order valence-corrected chi connectivity index (χ0v) is 17.8. The Morgan fingerprint density at radius 3 is 2.50 bits per heavy atom. The minimum atomic E-state index is -0.862. The molecule has 30 heavy (non-hydrogen) atoms. The number of thiazole rings is 1. The predicted molar refractivity (Wildman–Crippen MR) is 118 cm³/mol. The fourth-order valence-electron chi connectivity index (χ4n) is 3.77. The van der Waals surface area contributed by atoms with Gasteiger partial charge in [-0.25, -0.2) is 4.98 Å². The van der Waals surface area contributed by atoms with Gasteiger partial charge in [0, 0.05) is 25.1 Å². The van der Waals surface area contributed by atoms with Crippen LogP contribution in [0, 0.1) is 0 Å². The van der Waals surface area contributed by atoms with Crippen LogP contribution in [0.2, 0.25) is 0 Å². The van der Waals surface area contributed by atoms with Crippen molar-refractivity contribution in [2.75, 3.05) is 13.1 Å². The van der Waals surface area contributed by atoms with Gasteiger partial charge in [-0.1, -0.05) is 42.5 Å². The quantitative estimate of drug-likeness (QED) is 0.507. The first-order valence-electron chi connectivity index (χ1n) is 10.6. The lowest BCUT2D eigenvalue weighted by atomic mass is 10.1. The number of carbonyl (C=O) groups is 2. The number of para-hydroxylation sites is 1. The van der Waals surface area contributed by atoms with Gasteiger partial charge in [-0.15, -0.1) is 11.3 Å². The Bertz CT molecular complexity index is 963. The van der Waals surface area contributed by atoms with Crippen molar-refractivity contribution in [3.63, 3.8) is 0 Å². The fourth-order valence-corrected chi connectivity index (χ4v) is 4.78. The molecule has 3 aromatic rings. The lowest BCUT2D eigenvalue weighted by Gasteiger charge is -2.30. The SMILES string of the molecule is O=C(CCCc1nc2ccccc2s1)O[C@@H](C(=O)N1CCCCC1)c1ccccc1. The summed E-state index contributed by atoms with van der Waals surface area (Å²) in [6.45, 7) is 1.47. The van der Waals surface area contributed by atoms with E-state index in [0.29, 0.717) is 6.42 Å². The number of piperidine rings is 1. The van der Waals surface area contributed by atoms with E-state index in [1.807, 2.05) is 53.4 Å². The van der Waals surface area contributed by atoms with E-state index in [2.05, 4.69) is 11.1 Å². The van der Waals surface area contributed by atoms with Crippen molar-refractivity contribution in [3.05, 3.63) is 65.2 Å². The van der Waals surface area contributed by atoms with Crippen LogP contribution in [0.3, 0.4) is 0 Å². The molecule has 1 atom stereocenters. The number of esters is 1. The molecule has 1 saturated heterocycles. The van der Waals surface area contributed by atoms with Gasteiger partial charge in [-0.3, -0.25) is 9.59 Å². The molecule has 0 saturated carbocycles. The number of rotatable bonds is 7. The molecule has 1 fully saturated rings. The molecular formula is C24H26N2O3S. The molecule has 4 rings (SSSR count). The highest BCUT2D eigenvalue weighted by atomic mass is 32.1. The second-order valence-corrected chi connectivity index (χ2v) is 8.71. The highest BCUT2D eigenvalue weighted by Crippen LogP contribution is 2.25. The molecule has 1 amide bonds. The van der Waals surface area contributed by atoms with Crippen molar-refractivity contribution >= 4 is 33.4 Å². The molecule has 1 aliphatic heterocycles. The number of hydrogen-bond donors (Lipinski definition) is 0. The van der Waals surface area contributed by atoms with E-state index in [4.69, 9.17) is 4.74 Å². The third-order valence-corrected chi connectivity index (χ3v) is 6.45. The number of benzene rings is 2. The topological polar surface area (TPSA) is 59.5 Å². The second kappa shape index (κ2) is 9.85. The number of amides is 1. The summed E-state index contributed by atoms with van der Waals surface area (Å²) in [6.07, 6.45) is 3.94. The van der Waals surface area contributed by atoms with E-state index in [1.165, 1.54) is 0 Å². The fraction of sp³-hybridized carbons (Fsp3) is 0.375. The second-order valence-electron chi connectivity index (χ2n) is 7.60. The maximum Gasteiger partial charge on any atom is 0.306 e. The van der Waals surface area contributed by atoms with Gasteiger partial charge in [-0.05, 0) is 44.2 Å². The highest BCUT2D eigenvalue weighted by molar-refractivity contribution is 7.18. The summed E-state index contributed by atoms with van der Waals surface area (Å²) in [5, 5.41) is 1.02. The number of aromatic nitrogens is 1. The maximum atomic E-state index is 13.1. The van der Waals surface area contributed by atoms with Crippen LogP contribution >= 0.6 is 11.3 Å². The molecule has 0 radical (unpaired) electrons. The average Bonchev–Trinajstić information content (AvgIpc) is 3.21. The van der Waals surface area contributed by atoms with E-state index in [0.717, 1.165) is 59.6 Å². The number of fused-ring (bicyclic) bond motifs is 1. The Hall–Kier alpha value is -2.73. The van der Waals surface area contributed by atoms with E-state index < -0.39 is 6.10 Å². The van der Waals surface area contributed by atoms with Crippen LogP contribution in [0.25, 0.3) is 10.2 Å². The van der Waals surface area contributed by atoms with Crippen LogP contribution in [0.15, 0.2) is 54.6 Å². The molecule has 0 N–H and O–H groups in total. The van der Waals surface area contributed by atoms with Crippen LogP contribution in [0.4, 0.5) is 0 Å². The molecular weight excluding hydrogens is 396 g/mol. The third kappa shape index (κ3) is 5.05. The molecule has 2 aromatic carbocycles. The zero-order valence-electron chi connectivity index (χ0n) is 17.0. The minimum Gasteiger partial charge on any atom is -0.447 e. The molecule has 0 bridgehead atoms. The first kappa shape index (κ1) is 20.5. The summed E-state index contributed by atoms with van der Waals surface area (Å²) in [6, 6.07) is 17.4. The number of aryl methyl sites for hydroxylation is 1. The number of likely N-dealkylation sites (tertiary alicyclic amines) is 1. The third-order valence-electron chi connectivity index (χ3n) is 5.35. The molecule has 0 unspecified atom stereocenters. The monoisotopic (exact) mass is 422 g/mol. The number of ether oxygens (including phenoxy) is 1. The summed E-state index contributed by atoms with van der Waals surface area (Å²) in [4.78, 5) is 32.1. The summed E-state index contributed by atoms with van der Waals surface area (Å²) in [7, 11) is 0. The Morgan fingerprint density at radius 1 is 1.00 bits per heavy atom. The normalized spacial score (nSPS) is 15.1. The molecule has 1 aliphatic rings. The predicted octanol–water partition coefficient (Wildman–Crippen LogP) is 4.92. The van der Waals surface area contributed by atoms with Crippen LogP contribution in [0.5, 0.6) is 0 Å². The van der Waals surface area contributed by atoms with Crippen molar-refractivity contribution in [2.45, 2.75) is 44.6 Å². The number of hydrogen-bond acceptors (Lipinski definition) is 5. The maximum absolute atomic E-state index is 13.1. The van der Waals surface area contributed by atoms with E-state index in [1.54, 1.807) is 11.3 Å². The van der Waals surface area contributed by atoms with Gasteiger partial charge >= 0.3 is 5.97 Å². The average molecular weight is 423 g/mol. The first-order valence-corrected chi connectivity index (χ1v) is 11.4. The molecule has 156 valence electrons. The van der Waals surface area contributed by atoms with Crippen molar-refractivity contribution in [1.29, 1.82) is 0 Å².